The molecule has 0 radical (unpaired) electrons. The molecule has 1 aliphatic heterocycles. The van der Waals surface area contributed by atoms with Crippen molar-refractivity contribution in [2.24, 2.45) is 5.84 Å². The second-order valence-corrected chi connectivity index (χ2v) is 4.78. The molecule has 1 fully saturated rings. The zero-order valence-corrected chi connectivity index (χ0v) is 10.6. The van der Waals surface area contributed by atoms with Crippen molar-refractivity contribution in [3.63, 3.8) is 0 Å². The number of rotatable bonds is 2. The van der Waals surface area contributed by atoms with Crippen LogP contribution in [0.1, 0.15) is 12.0 Å². The van der Waals surface area contributed by atoms with E-state index in [1.54, 1.807) is 11.1 Å². The lowest BCUT2D eigenvalue weighted by molar-refractivity contribution is 0.127. The Morgan fingerprint density at radius 1 is 1.26 bits per heavy atom. The SMILES string of the molecule is NN1CCCN(Cc2ccc3ncccc3c2)C1=O. The number of amides is 2. The first-order valence-electron chi connectivity index (χ1n) is 6.39. The molecule has 0 unspecified atom stereocenters. The van der Waals surface area contributed by atoms with E-state index in [-0.39, 0.29) is 6.03 Å². The molecule has 2 heterocycles. The van der Waals surface area contributed by atoms with E-state index in [9.17, 15) is 4.79 Å². The number of hydrogen-bond acceptors (Lipinski definition) is 3. The van der Waals surface area contributed by atoms with Gasteiger partial charge in [-0.15, -0.1) is 0 Å². The van der Waals surface area contributed by atoms with Crippen molar-refractivity contribution in [1.29, 1.82) is 0 Å². The van der Waals surface area contributed by atoms with Gasteiger partial charge in [-0.05, 0) is 30.2 Å². The van der Waals surface area contributed by atoms with Crippen molar-refractivity contribution < 1.29 is 4.79 Å². The van der Waals surface area contributed by atoms with Gasteiger partial charge in [-0.2, -0.15) is 0 Å². The molecule has 2 N–H and O–H groups in total. The van der Waals surface area contributed by atoms with Crippen LogP contribution in [0.25, 0.3) is 10.9 Å². The molecule has 1 aromatic heterocycles. The van der Waals surface area contributed by atoms with Gasteiger partial charge in [0.15, 0.2) is 0 Å². The second kappa shape index (κ2) is 4.85. The Balaban J connectivity index is 1.83. The Morgan fingerprint density at radius 2 is 2.16 bits per heavy atom. The lowest BCUT2D eigenvalue weighted by Crippen LogP contribution is -2.52. The number of carbonyl (C=O) groups excluding carboxylic acids is 1. The smallest absolute Gasteiger partial charge is 0.319 e. The minimum absolute atomic E-state index is 0.0995. The Hall–Kier alpha value is -2.14. The summed E-state index contributed by atoms with van der Waals surface area (Å²) in [6, 6.07) is 9.92. The molecule has 3 rings (SSSR count). The number of hydrogen-bond donors (Lipinski definition) is 1. The van der Waals surface area contributed by atoms with Crippen molar-refractivity contribution >= 4 is 16.9 Å². The molecule has 19 heavy (non-hydrogen) atoms. The predicted molar refractivity (Wildman–Crippen MR) is 73.1 cm³/mol. The maximum absolute atomic E-state index is 11.9. The molecular formula is C14H16N4O. The van der Waals surface area contributed by atoms with Crippen LogP contribution < -0.4 is 5.84 Å². The number of nitrogens with two attached hydrogens (primary N) is 1. The molecule has 0 spiro atoms. The van der Waals surface area contributed by atoms with Gasteiger partial charge in [0.25, 0.3) is 0 Å². The number of benzene rings is 1. The van der Waals surface area contributed by atoms with Crippen molar-refractivity contribution in [3.05, 3.63) is 42.1 Å². The highest BCUT2D eigenvalue weighted by Crippen LogP contribution is 2.16. The minimum Gasteiger partial charge on any atom is -0.319 e. The number of hydrazine groups is 1. The second-order valence-electron chi connectivity index (χ2n) is 4.78. The maximum atomic E-state index is 11.9. The lowest BCUT2D eigenvalue weighted by atomic mass is 10.1. The first-order valence-corrected chi connectivity index (χ1v) is 6.39. The minimum atomic E-state index is -0.0995. The quantitative estimate of drug-likeness (QED) is 0.657. The van der Waals surface area contributed by atoms with Crippen LogP contribution in [0, 0.1) is 0 Å². The van der Waals surface area contributed by atoms with E-state index < -0.39 is 0 Å². The summed E-state index contributed by atoms with van der Waals surface area (Å²) < 4.78 is 0. The van der Waals surface area contributed by atoms with Gasteiger partial charge in [0.1, 0.15) is 0 Å². The van der Waals surface area contributed by atoms with E-state index in [0.29, 0.717) is 13.1 Å². The van der Waals surface area contributed by atoms with Crippen LogP contribution in [0.3, 0.4) is 0 Å². The average molecular weight is 256 g/mol. The van der Waals surface area contributed by atoms with Gasteiger partial charge in [-0.25, -0.2) is 10.6 Å². The highest BCUT2D eigenvalue weighted by molar-refractivity contribution is 5.79. The van der Waals surface area contributed by atoms with Gasteiger partial charge in [0.2, 0.25) is 0 Å². The van der Waals surface area contributed by atoms with Crippen LogP contribution in [0.4, 0.5) is 4.79 Å². The standard InChI is InChI=1S/C14H16N4O/c15-18-8-2-7-17(14(18)19)10-11-4-5-13-12(9-11)3-1-6-16-13/h1,3-6,9H,2,7-8,10,15H2. The molecule has 0 aliphatic carbocycles. The Kier molecular flexibility index (Phi) is 3.05. The third-order valence-corrected chi connectivity index (χ3v) is 3.38. The molecule has 2 aromatic rings. The number of pyridine rings is 1. The number of carbonyl (C=O) groups is 1. The molecular weight excluding hydrogens is 240 g/mol. The van der Waals surface area contributed by atoms with E-state index >= 15 is 0 Å². The molecule has 2 amide bonds. The fraction of sp³-hybridized carbons (Fsp3) is 0.286. The summed E-state index contributed by atoms with van der Waals surface area (Å²) in [6.07, 6.45) is 2.69. The fourth-order valence-corrected chi connectivity index (χ4v) is 2.40. The molecule has 0 bridgehead atoms. The van der Waals surface area contributed by atoms with Crippen molar-refractivity contribution in [3.8, 4) is 0 Å². The average Bonchev–Trinajstić information content (AvgIpc) is 2.44. The molecule has 0 saturated carbocycles. The Bertz CT molecular complexity index is 613. The van der Waals surface area contributed by atoms with E-state index in [4.69, 9.17) is 5.84 Å². The highest BCUT2D eigenvalue weighted by atomic mass is 16.2. The first kappa shape index (κ1) is 11.9. The van der Waals surface area contributed by atoms with Crippen LogP contribution in [0.5, 0.6) is 0 Å². The van der Waals surface area contributed by atoms with Crippen molar-refractivity contribution in [1.82, 2.24) is 14.9 Å². The van der Waals surface area contributed by atoms with Crippen LogP contribution in [-0.2, 0) is 6.54 Å². The van der Waals surface area contributed by atoms with E-state index in [1.165, 1.54) is 5.01 Å². The summed E-state index contributed by atoms with van der Waals surface area (Å²) in [5.74, 6) is 5.64. The summed E-state index contributed by atoms with van der Waals surface area (Å²) in [5.41, 5.74) is 2.07. The zero-order valence-electron chi connectivity index (χ0n) is 10.6. The van der Waals surface area contributed by atoms with Crippen molar-refractivity contribution in [2.75, 3.05) is 13.1 Å². The Morgan fingerprint density at radius 3 is 3.05 bits per heavy atom. The molecule has 5 heteroatoms. The third-order valence-electron chi connectivity index (χ3n) is 3.38. The van der Waals surface area contributed by atoms with Gasteiger partial charge < -0.3 is 4.90 Å². The van der Waals surface area contributed by atoms with Gasteiger partial charge in [0.05, 0.1) is 5.52 Å². The maximum Gasteiger partial charge on any atom is 0.334 e. The highest BCUT2D eigenvalue weighted by Gasteiger charge is 2.23. The van der Waals surface area contributed by atoms with Crippen molar-refractivity contribution in [2.45, 2.75) is 13.0 Å². The van der Waals surface area contributed by atoms with Crippen LogP contribution in [0.2, 0.25) is 0 Å². The number of fused-ring (bicyclic) bond motifs is 1. The summed E-state index contributed by atoms with van der Waals surface area (Å²) in [7, 11) is 0. The van der Waals surface area contributed by atoms with Crippen LogP contribution in [0.15, 0.2) is 36.5 Å². The monoisotopic (exact) mass is 256 g/mol. The summed E-state index contributed by atoms with van der Waals surface area (Å²) in [6.45, 7) is 1.99. The molecule has 98 valence electrons. The number of aromatic nitrogens is 1. The largest absolute Gasteiger partial charge is 0.334 e. The Labute approximate surface area is 111 Å². The van der Waals surface area contributed by atoms with Crippen LogP contribution in [-0.4, -0.2) is 34.0 Å². The van der Waals surface area contributed by atoms with E-state index in [0.717, 1.165) is 29.4 Å². The number of urea groups is 1. The predicted octanol–water partition coefficient (Wildman–Crippen LogP) is 1.74. The van der Waals surface area contributed by atoms with Gasteiger partial charge in [0, 0.05) is 31.2 Å². The fourth-order valence-electron chi connectivity index (χ4n) is 2.40. The normalized spacial score (nSPS) is 16.2. The lowest BCUT2D eigenvalue weighted by Gasteiger charge is -2.32. The topological polar surface area (TPSA) is 62.5 Å². The summed E-state index contributed by atoms with van der Waals surface area (Å²) in [4.78, 5) is 18.0. The van der Waals surface area contributed by atoms with E-state index in [2.05, 4.69) is 11.1 Å². The molecule has 1 aromatic carbocycles. The summed E-state index contributed by atoms with van der Waals surface area (Å²) in [5, 5.41) is 2.38. The zero-order chi connectivity index (χ0) is 13.2. The molecule has 1 aliphatic rings. The molecule has 5 nitrogen and oxygen atoms in total. The molecule has 1 saturated heterocycles. The molecule has 0 atom stereocenters. The van der Waals surface area contributed by atoms with Gasteiger partial charge >= 0.3 is 6.03 Å². The van der Waals surface area contributed by atoms with Gasteiger partial charge in [-0.3, -0.25) is 9.99 Å². The van der Waals surface area contributed by atoms with Crippen LogP contribution >= 0.6 is 0 Å². The first-order chi connectivity index (χ1) is 9.24. The van der Waals surface area contributed by atoms with E-state index in [1.807, 2.05) is 24.3 Å². The summed E-state index contributed by atoms with van der Waals surface area (Å²) >= 11 is 0. The third kappa shape index (κ3) is 2.37. The number of nitrogens with zero attached hydrogens (tertiary/aromatic N) is 3. The van der Waals surface area contributed by atoms with Gasteiger partial charge in [-0.1, -0.05) is 12.1 Å².